The van der Waals surface area contributed by atoms with E-state index >= 15 is 0 Å². The summed E-state index contributed by atoms with van der Waals surface area (Å²) in [5.74, 6) is -1.14. The zero-order valence-electron chi connectivity index (χ0n) is 18.5. The van der Waals surface area contributed by atoms with E-state index in [2.05, 4.69) is 49.9 Å². The summed E-state index contributed by atoms with van der Waals surface area (Å²) in [4.78, 5) is 36.6. The molecule has 0 spiro atoms. The highest BCUT2D eigenvalue weighted by atomic mass is 16.2. The first-order valence-corrected chi connectivity index (χ1v) is 10.4. The first-order valence-electron chi connectivity index (χ1n) is 10.4. The van der Waals surface area contributed by atoms with Crippen LogP contribution in [0.15, 0.2) is 65.5 Å². The average molecular weight is 441 g/mol. The molecule has 2 amide bonds. The van der Waals surface area contributed by atoms with Gasteiger partial charge in [0.25, 0.3) is 17.4 Å². The molecule has 8 heteroatoms. The topological polar surface area (TPSA) is 109 Å². The van der Waals surface area contributed by atoms with Crippen LogP contribution in [0.4, 0.5) is 0 Å². The number of fused-ring (bicyclic) bond motifs is 1. The third-order valence-electron chi connectivity index (χ3n) is 5.39. The molecule has 0 saturated carbocycles. The van der Waals surface area contributed by atoms with Gasteiger partial charge in [0.15, 0.2) is 5.69 Å². The highest BCUT2D eigenvalue weighted by molar-refractivity contribution is 6.05. The van der Waals surface area contributed by atoms with Gasteiger partial charge in [-0.25, -0.2) is 5.10 Å². The fourth-order valence-corrected chi connectivity index (χ4v) is 3.72. The number of amides is 2. The van der Waals surface area contributed by atoms with Crippen LogP contribution in [-0.4, -0.2) is 26.6 Å². The molecule has 0 aliphatic carbocycles. The fraction of sp³-hybridized carbons (Fsp3) is 0.120. The molecule has 8 nitrogen and oxygen atoms in total. The van der Waals surface area contributed by atoms with E-state index in [1.165, 1.54) is 11.6 Å². The third kappa shape index (κ3) is 4.45. The molecule has 166 valence electrons. The number of carbonyl (C=O) groups is 2. The maximum Gasteiger partial charge on any atom is 0.290 e. The SMILES string of the molecule is Cc1ccc(-n2c(C)cc(/C=C/C(=O)NNC(=O)c3n[nH]c(=O)c4ccccc34)c2C)cc1. The smallest absolute Gasteiger partial charge is 0.290 e. The third-order valence-corrected chi connectivity index (χ3v) is 5.39. The number of hydrogen-bond acceptors (Lipinski definition) is 4. The summed E-state index contributed by atoms with van der Waals surface area (Å²) in [6.07, 6.45) is 3.04. The fourth-order valence-electron chi connectivity index (χ4n) is 3.72. The lowest BCUT2D eigenvalue weighted by Gasteiger charge is -2.10. The van der Waals surface area contributed by atoms with Crippen molar-refractivity contribution in [2.24, 2.45) is 0 Å². The Morgan fingerprint density at radius 2 is 1.67 bits per heavy atom. The molecular weight excluding hydrogens is 418 g/mol. The summed E-state index contributed by atoms with van der Waals surface area (Å²) in [6, 6.07) is 16.8. The first kappa shape index (κ1) is 21.8. The molecule has 0 unspecified atom stereocenters. The minimum atomic E-state index is -0.637. The molecule has 0 atom stereocenters. The van der Waals surface area contributed by atoms with E-state index in [4.69, 9.17) is 0 Å². The van der Waals surface area contributed by atoms with Crippen LogP contribution in [-0.2, 0) is 4.79 Å². The van der Waals surface area contributed by atoms with Crippen LogP contribution in [0.25, 0.3) is 22.5 Å². The lowest BCUT2D eigenvalue weighted by molar-refractivity contribution is -0.117. The Balaban J connectivity index is 1.46. The normalized spacial score (nSPS) is 11.1. The van der Waals surface area contributed by atoms with Crippen molar-refractivity contribution in [3.05, 3.63) is 99.2 Å². The second-order valence-corrected chi connectivity index (χ2v) is 7.72. The molecule has 0 aliphatic heterocycles. The van der Waals surface area contributed by atoms with E-state index in [9.17, 15) is 14.4 Å². The number of aryl methyl sites for hydroxylation is 2. The zero-order valence-corrected chi connectivity index (χ0v) is 18.5. The zero-order chi connectivity index (χ0) is 23.5. The van der Waals surface area contributed by atoms with E-state index in [1.807, 2.05) is 26.8 Å². The monoisotopic (exact) mass is 441 g/mol. The summed E-state index contributed by atoms with van der Waals surface area (Å²) in [7, 11) is 0. The molecule has 4 rings (SSSR count). The maximum absolute atomic E-state index is 12.5. The molecule has 0 fully saturated rings. The van der Waals surface area contributed by atoms with Gasteiger partial charge in [0.2, 0.25) is 0 Å². The Bertz CT molecular complexity index is 1450. The molecule has 0 saturated heterocycles. The molecule has 0 bridgehead atoms. The Morgan fingerprint density at radius 1 is 0.970 bits per heavy atom. The van der Waals surface area contributed by atoms with Gasteiger partial charge in [-0.15, -0.1) is 0 Å². The van der Waals surface area contributed by atoms with Gasteiger partial charge in [-0.1, -0.05) is 35.9 Å². The number of aromatic amines is 1. The standard InChI is InChI=1S/C25H23N5O3/c1-15-8-11-19(12-9-15)30-16(2)14-18(17(30)3)10-13-22(31)26-29-25(33)23-20-6-4-5-7-21(20)24(32)28-27-23/h4-14H,1-3H3,(H,26,31)(H,28,32)(H,29,33)/b13-10+. The number of hydrogen-bond donors (Lipinski definition) is 3. The molecule has 3 N–H and O–H groups in total. The Morgan fingerprint density at radius 3 is 2.39 bits per heavy atom. The summed E-state index contributed by atoms with van der Waals surface area (Å²) in [5.41, 5.74) is 9.46. The Hall–Kier alpha value is -4.46. The van der Waals surface area contributed by atoms with Gasteiger partial charge in [0.1, 0.15) is 0 Å². The molecule has 33 heavy (non-hydrogen) atoms. The van der Waals surface area contributed by atoms with Gasteiger partial charge in [-0.2, -0.15) is 5.10 Å². The van der Waals surface area contributed by atoms with Crippen LogP contribution in [0.3, 0.4) is 0 Å². The number of aromatic nitrogens is 3. The van der Waals surface area contributed by atoms with Crippen LogP contribution < -0.4 is 16.4 Å². The van der Waals surface area contributed by atoms with Crippen molar-refractivity contribution in [1.29, 1.82) is 0 Å². The summed E-state index contributed by atoms with van der Waals surface area (Å²) in [5, 5.41) is 6.84. The Kier molecular flexibility index (Phi) is 5.91. The minimum Gasteiger partial charge on any atom is -0.318 e. The summed E-state index contributed by atoms with van der Waals surface area (Å²) < 4.78 is 2.12. The molecule has 4 aromatic rings. The molecule has 2 aromatic carbocycles. The van der Waals surface area contributed by atoms with Gasteiger partial charge in [-0.3, -0.25) is 25.2 Å². The number of nitrogens with zero attached hydrogens (tertiary/aromatic N) is 2. The highest BCUT2D eigenvalue weighted by Crippen LogP contribution is 2.22. The quantitative estimate of drug-likeness (QED) is 0.334. The van der Waals surface area contributed by atoms with E-state index in [0.717, 1.165) is 22.6 Å². The second kappa shape index (κ2) is 8.96. The van der Waals surface area contributed by atoms with Crippen LogP contribution in [0, 0.1) is 20.8 Å². The van der Waals surface area contributed by atoms with Crippen LogP contribution in [0.2, 0.25) is 0 Å². The predicted molar refractivity (Wildman–Crippen MR) is 127 cm³/mol. The maximum atomic E-state index is 12.5. The van der Waals surface area contributed by atoms with Gasteiger partial charge < -0.3 is 4.57 Å². The summed E-state index contributed by atoms with van der Waals surface area (Å²) >= 11 is 0. The van der Waals surface area contributed by atoms with E-state index in [-0.39, 0.29) is 5.69 Å². The van der Waals surface area contributed by atoms with Crippen molar-refractivity contribution in [1.82, 2.24) is 25.6 Å². The van der Waals surface area contributed by atoms with Gasteiger partial charge in [0, 0.05) is 28.5 Å². The van der Waals surface area contributed by atoms with Gasteiger partial charge in [-0.05, 0) is 56.7 Å². The van der Waals surface area contributed by atoms with E-state index in [0.29, 0.717) is 10.8 Å². The minimum absolute atomic E-state index is 0.0103. The van der Waals surface area contributed by atoms with Crippen molar-refractivity contribution < 1.29 is 9.59 Å². The lowest BCUT2D eigenvalue weighted by Crippen LogP contribution is -2.41. The largest absolute Gasteiger partial charge is 0.318 e. The molecule has 2 aromatic heterocycles. The van der Waals surface area contributed by atoms with Crippen molar-refractivity contribution in [3.8, 4) is 5.69 Å². The van der Waals surface area contributed by atoms with Crippen molar-refractivity contribution in [2.45, 2.75) is 20.8 Å². The van der Waals surface area contributed by atoms with Crippen LogP contribution in [0.5, 0.6) is 0 Å². The van der Waals surface area contributed by atoms with Crippen LogP contribution >= 0.6 is 0 Å². The molecule has 0 radical (unpaired) electrons. The number of carbonyl (C=O) groups excluding carboxylic acids is 2. The number of nitrogens with one attached hydrogen (secondary N) is 3. The van der Waals surface area contributed by atoms with Crippen molar-refractivity contribution in [3.63, 3.8) is 0 Å². The highest BCUT2D eigenvalue weighted by Gasteiger charge is 2.14. The number of rotatable bonds is 4. The number of H-pyrrole nitrogens is 1. The lowest BCUT2D eigenvalue weighted by atomic mass is 10.1. The predicted octanol–water partition coefficient (Wildman–Crippen LogP) is 3.11. The van der Waals surface area contributed by atoms with Gasteiger partial charge in [0.05, 0.1) is 5.39 Å². The average Bonchev–Trinajstić information content (AvgIpc) is 3.10. The summed E-state index contributed by atoms with van der Waals surface area (Å²) in [6.45, 7) is 6.03. The van der Waals surface area contributed by atoms with Crippen molar-refractivity contribution >= 4 is 28.7 Å². The van der Waals surface area contributed by atoms with Crippen LogP contribution in [0.1, 0.15) is 33.0 Å². The van der Waals surface area contributed by atoms with E-state index < -0.39 is 17.4 Å². The number of benzene rings is 2. The van der Waals surface area contributed by atoms with Crippen molar-refractivity contribution in [2.75, 3.05) is 0 Å². The molecular formula is C25H23N5O3. The first-order chi connectivity index (χ1) is 15.8. The molecule has 2 heterocycles. The second-order valence-electron chi connectivity index (χ2n) is 7.72. The molecule has 0 aliphatic rings. The Labute approximate surface area is 189 Å². The van der Waals surface area contributed by atoms with E-state index in [1.54, 1.807) is 30.3 Å². The van der Waals surface area contributed by atoms with Gasteiger partial charge >= 0.3 is 0 Å². The number of hydrazine groups is 1.